The molecule has 0 heterocycles. The van der Waals surface area contributed by atoms with Gasteiger partial charge in [0, 0.05) is 0 Å². The second kappa shape index (κ2) is 9.56. The molecule has 0 N–H and O–H groups in total. The molecule has 0 aliphatic heterocycles. The number of hydrogen-bond donors (Lipinski definition) is 0. The van der Waals surface area contributed by atoms with E-state index >= 15 is 0 Å². The molecule has 178 valence electrons. The van der Waals surface area contributed by atoms with Crippen molar-refractivity contribution < 1.29 is 0 Å². The Kier molecular flexibility index (Phi) is 5.94. The molecular weight excluding hydrogens is 444 g/mol. The van der Waals surface area contributed by atoms with Gasteiger partial charge in [0.15, 0.2) is 0 Å². The minimum Gasteiger partial charge on any atom is -0.0990 e. The number of allylic oxidation sites excluding steroid dienone is 5. The third kappa shape index (κ3) is 3.86. The van der Waals surface area contributed by atoms with Crippen molar-refractivity contribution in [3.05, 3.63) is 185 Å². The van der Waals surface area contributed by atoms with E-state index in [9.17, 15) is 0 Å². The van der Waals surface area contributed by atoms with Crippen LogP contribution < -0.4 is 0 Å². The number of fused-ring (bicyclic) bond motifs is 2. The zero-order chi connectivity index (χ0) is 25.2. The van der Waals surface area contributed by atoms with Gasteiger partial charge in [-0.15, -0.1) is 0 Å². The predicted molar refractivity (Wildman–Crippen MR) is 158 cm³/mol. The van der Waals surface area contributed by atoms with Crippen LogP contribution in [-0.4, -0.2) is 0 Å². The second-order valence-electron chi connectivity index (χ2n) is 9.85. The van der Waals surface area contributed by atoms with Gasteiger partial charge in [-0.2, -0.15) is 0 Å². The van der Waals surface area contributed by atoms with E-state index in [-0.39, 0.29) is 0 Å². The highest BCUT2D eigenvalue weighted by atomic mass is 14.5. The number of aryl methyl sites for hydroxylation is 1. The van der Waals surface area contributed by atoms with E-state index in [1.54, 1.807) is 0 Å². The van der Waals surface area contributed by atoms with Crippen LogP contribution in [0.2, 0.25) is 0 Å². The maximum atomic E-state index is 4.08. The van der Waals surface area contributed by atoms with E-state index < -0.39 is 5.41 Å². The van der Waals surface area contributed by atoms with E-state index in [4.69, 9.17) is 0 Å². The first kappa shape index (κ1) is 23.0. The minimum atomic E-state index is -0.401. The molecule has 37 heavy (non-hydrogen) atoms. The molecule has 1 aliphatic carbocycles. The van der Waals surface area contributed by atoms with Crippen molar-refractivity contribution in [3.8, 4) is 0 Å². The summed E-state index contributed by atoms with van der Waals surface area (Å²) in [5, 5.41) is 2.58. The Morgan fingerprint density at radius 1 is 0.676 bits per heavy atom. The quantitative estimate of drug-likeness (QED) is 0.238. The van der Waals surface area contributed by atoms with Gasteiger partial charge in [0.25, 0.3) is 0 Å². The molecule has 0 fully saturated rings. The minimum absolute atomic E-state index is 0.401. The summed E-state index contributed by atoms with van der Waals surface area (Å²) in [5.74, 6) is 0. The number of benzene rings is 5. The van der Waals surface area contributed by atoms with Crippen molar-refractivity contribution in [1.82, 2.24) is 0 Å². The van der Waals surface area contributed by atoms with Crippen molar-refractivity contribution >= 4 is 16.3 Å². The molecule has 0 unspecified atom stereocenters. The highest BCUT2D eigenvalue weighted by molar-refractivity contribution is 5.94. The Bertz CT molecular complexity index is 1610. The van der Waals surface area contributed by atoms with Gasteiger partial charge in [-0.1, -0.05) is 152 Å². The van der Waals surface area contributed by atoms with Crippen LogP contribution in [0.1, 0.15) is 33.4 Å². The normalized spacial score (nSPS) is 16.2. The van der Waals surface area contributed by atoms with Gasteiger partial charge in [-0.05, 0) is 63.1 Å². The highest BCUT2D eigenvalue weighted by Gasteiger charge is 2.47. The molecule has 0 saturated heterocycles. The molecule has 5 aromatic carbocycles. The fraction of sp³-hybridized carbons (Fsp3) is 0.0811. The van der Waals surface area contributed by atoms with Crippen LogP contribution in [0.3, 0.4) is 0 Å². The first-order valence-electron chi connectivity index (χ1n) is 13.0. The first-order valence-corrected chi connectivity index (χ1v) is 13.0. The summed E-state index contributed by atoms with van der Waals surface area (Å²) in [7, 11) is 0. The summed E-state index contributed by atoms with van der Waals surface area (Å²) >= 11 is 0. The Labute approximate surface area is 219 Å². The summed E-state index contributed by atoms with van der Waals surface area (Å²) in [6.07, 6.45) is 7.41. The maximum Gasteiger partial charge on any atom is 0.0710 e. The fourth-order valence-electron chi connectivity index (χ4n) is 6.03. The van der Waals surface area contributed by atoms with Crippen LogP contribution in [0.5, 0.6) is 0 Å². The van der Waals surface area contributed by atoms with Gasteiger partial charge in [0.2, 0.25) is 0 Å². The molecular formula is C37H30. The monoisotopic (exact) mass is 474 g/mol. The first-order chi connectivity index (χ1) is 18.2. The standard InChI is InChI=1S/C37H30/c1-3-12-33-34-17-10-11-18-35(34)37(31-13-6-4-7-14-31,32-15-8-5-9-16-32)36(33)24-21-28-20-23-29-22-19-27(2)25-30(29)26-28/h3-20,22-26H,1,21H2,2H3. The van der Waals surface area contributed by atoms with Crippen molar-refractivity contribution in [3.63, 3.8) is 0 Å². The van der Waals surface area contributed by atoms with Crippen LogP contribution in [0, 0.1) is 6.92 Å². The molecule has 0 saturated carbocycles. The molecule has 0 nitrogen and oxygen atoms in total. The average molecular weight is 475 g/mol. The van der Waals surface area contributed by atoms with Gasteiger partial charge < -0.3 is 0 Å². The molecule has 0 heteroatoms. The average Bonchev–Trinajstić information content (AvgIpc) is 3.23. The van der Waals surface area contributed by atoms with Crippen LogP contribution in [0.25, 0.3) is 16.3 Å². The molecule has 0 aromatic heterocycles. The van der Waals surface area contributed by atoms with Crippen LogP contribution >= 0.6 is 0 Å². The van der Waals surface area contributed by atoms with Crippen molar-refractivity contribution in [2.75, 3.05) is 0 Å². The second-order valence-corrected chi connectivity index (χ2v) is 9.85. The number of rotatable bonds is 5. The Hall–Kier alpha value is -4.42. The number of hydrogen-bond acceptors (Lipinski definition) is 0. The lowest BCUT2D eigenvalue weighted by molar-refractivity contribution is 0.765. The molecule has 0 bridgehead atoms. The Morgan fingerprint density at radius 2 is 1.32 bits per heavy atom. The van der Waals surface area contributed by atoms with E-state index in [0.29, 0.717) is 0 Å². The summed E-state index contributed by atoms with van der Waals surface area (Å²) < 4.78 is 0. The van der Waals surface area contributed by atoms with E-state index in [0.717, 1.165) is 6.42 Å². The third-order valence-electron chi connectivity index (χ3n) is 7.62. The van der Waals surface area contributed by atoms with Gasteiger partial charge in [0.1, 0.15) is 0 Å². The van der Waals surface area contributed by atoms with Crippen LogP contribution in [-0.2, 0) is 11.8 Å². The largest absolute Gasteiger partial charge is 0.0990 e. The lowest BCUT2D eigenvalue weighted by Gasteiger charge is -2.34. The fourth-order valence-corrected chi connectivity index (χ4v) is 6.03. The topological polar surface area (TPSA) is 0 Å². The summed E-state index contributed by atoms with van der Waals surface area (Å²) in [4.78, 5) is 0. The van der Waals surface area contributed by atoms with E-state index in [1.165, 1.54) is 55.3 Å². The Morgan fingerprint density at radius 3 is 2.03 bits per heavy atom. The third-order valence-corrected chi connectivity index (χ3v) is 7.62. The Balaban J connectivity index is 1.61. The molecule has 6 rings (SSSR count). The zero-order valence-electron chi connectivity index (χ0n) is 21.2. The van der Waals surface area contributed by atoms with Crippen molar-refractivity contribution in [1.29, 1.82) is 0 Å². The van der Waals surface area contributed by atoms with Gasteiger partial charge in [-0.3, -0.25) is 0 Å². The molecule has 0 amide bonds. The lowest BCUT2D eigenvalue weighted by atomic mass is 9.67. The zero-order valence-corrected chi connectivity index (χ0v) is 21.2. The molecule has 1 aliphatic rings. The molecule has 0 radical (unpaired) electrons. The summed E-state index contributed by atoms with van der Waals surface area (Å²) in [6, 6.07) is 44.3. The predicted octanol–water partition coefficient (Wildman–Crippen LogP) is 9.23. The van der Waals surface area contributed by atoms with Gasteiger partial charge in [-0.25, -0.2) is 0 Å². The van der Waals surface area contributed by atoms with Crippen molar-refractivity contribution in [2.24, 2.45) is 0 Å². The molecule has 5 aromatic rings. The van der Waals surface area contributed by atoms with Crippen LogP contribution in [0.15, 0.2) is 152 Å². The maximum absolute atomic E-state index is 4.08. The van der Waals surface area contributed by atoms with Crippen LogP contribution in [0.4, 0.5) is 0 Å². The van der Waals surface area contributed by atoms with Crippen molar-refractivity contribution in [2.45, 2.75) is 18.8 Å². The van der Waals surface area contributed by atoms with E-state index in [1.807, 2.05) is 6.08 Å². The van der Waals surface area contributed by atoms with Gasteiger partial charge >= 0.3 is 0 Å². The molecule has 0 spiro atoms. The smallest absolute Gasteiger partial charge is 0.0710 e. The van der Waals surface area contributed by atoms with Gasteiger partial charge in [0.05, 0.1) is 5.41 Å². The summed E-state index contributed by atoms with van der Waals surface area (Å²) in [5.41, 5.74) is 9.92. The molecule has 0 atom stereocenters. The summed E-state index contributed by atoms with van der Waals surface area (Å²) in [6.45, 7) is 6.24. The highest BCUT2D eigenvalue weighted by Crippen LogP contribution is 2.57. The lowest BCUT2D eigenvalue weighted by Crippen LogP contribution is -2.28. The SMILES string of the molecule is C=CC=C1C(=CCc2ccc3ccc(C)cc3c2)C(c2ccccc2)(c2ccccc2)c2ccccc21. The van der Waals surface area contributed by atoms with E-state index in [2.05, 4.69) is 147 Å².